The molecule has 0 aromatic carbocycles. The third-order valence-corrected chi connectivity index (χ3v) is 0. The molecule has 0 aliphatic carbocycles. The minimum atomic E-state index is 0. The van der Waals surface area contributed by atoms with Crippen molar-refractivity contribution in [2.45, 2.75) is 7.43 Å². The molecule has 0 bridgehead atoms. The fraction of sp³-hybridized carbons (Fsp3) is 1.00. The molecule has 0 saturated heterocycles. The first-order valence-corrected chi connectivity index (χ1v) is 1.20. The highest BCUT2D eigenvalue weighted by atomic mass is 16.5. The van der Waals surface area contributed by atoms with Crippen molar-refractivity contribution < 1.29 is 5.06 Å². The van der Waals surface area contributed by atoms with E-state index in [1.807, 2.05) is 0 Å². The van der Waals surface area contributed by atoms with Crippen LogP contribution in [0.4, 0.5) is 0 Å². The highest BCUT2D eigenvalue weighted by Gasteiger charge is 1.49. The Kier molecular flexibility index (Phi) is 6.95. The molecule has 34 valence electrons. The molecule has 0 aromatic rings. The monoisotopic (exact) mass is 77.1 g/mol. The van der Waals surface area contributed by atoms with E-state index < -0.39 is 0 Å². The summed E-state index contributed by atoms with van der Waals surface area (Å²) in [7, 11) is 3.06. The van der Waals surface area contributed by atoms with Crippen LogP contribution in [0.3, 0.4) is 0 Å². The van der Waals surface area contributed by atoms with Crippen molar-refractivity contribution in [1.29, 1.82) is 0 Å². The summed E-state index contributed by atoms with van der Waals surface area (Å²) in [5, 5.41) is 9.61. The van der Waals surface area contributed by atoms with Crippen molar-refractivity contribution in [3.63, 3.8) is 0 Å². The van der Waals surface area contributed by atoms with Crippen molar-refractivity contribution in [1.82, 2.24) is 0 Å². The predicted molar refractivity (Wildman–Crippen MR) is 22.9 cm³/mol. The minimum Gasteiger partial charge on any atom is -0.635 e. The topological polar surface area (TPSA) is 27.5 Å². The van der Waals surface area contributed by atoms with Crippen LogP contribution in [0.1, 0.15) is 7.43 Å². The Hall–Kier alpha value is -0.0800. The quantitative estimate of drug-likeness (QED) is 0.379. The lowest BCUT2D eigenvalue weighted by Crippen LogP contribution is -3.00. The van der Waals surface area contributed by atoms with Crippen LogP contribution in [0.2, 0.25) is 0 Å². The summed E-state index contributed by atoms with van der Waals surface area (Å²) in [5.41, 5.74) is 0. The first-order chi connectivity index (χ1) is 1.73. The average Bonchev–Trinajstić information content (AvgIpc) is 0.811. The average molecular weight is 77.1 g/mol. The molecule has 0 radical (unpaired) electrons. The van der Waals surface area contributed by atoms with E-state index in [0.29, 0.717) is 0 Å². The molecule has 2 nitrogen and oxygen atoms in total. The third kappa shape index (κ3) is 2260. The molecule has 0 aliphatic heterocycles. The van der Waals surface area contributed by atoms with Gasteiger partial charge in [-0.25, -0.2) is 0 Å². The van der Waals surface area contributed by atoms with E-state index in [4.69, 9.17) is 0 Å². The van der Waals surface area contributed by atoms with Gasteiger partial charge in [-0.3, -0.25) is 0 Å². The molecule has 0 rings (SSSR count). The van der Waals surface area contributed by atoms with Crippen molar-refractivity contribution in [2.24, 2.45) is 0 Å². The molecular formula is C3H11NO. The van der Waals surface area contributed by atoms with Crippen molar-refractivity contribution >= 4 is 0 Å². The molecule has 0 atom stereocenters. The zero-order valence-electron chi connectivity index (χ0n) is 2.91. The van der Waals surface area contributed by atoms with E-state index >= 15 is 0 Å². The molecule has 0 spiro atoms. The van der Waals surface area contributed by atoms with Gasteiger partial charge < -0.3 is 10.3 Å². The third-order valence-electron chi connectivity index (χ3n) is 0. The highest BCUT2D eigenvalue weighted by molar-refractivity contribution is 3.86. The maximum absolute atomic E-state index is 9.44. The van der Waals surface area contributed by atoms with Crippen molar-refractivity contribution in [3.05, 3.63) is 5.21 Å². The summed E-state index contributed by atoms with van der Waals surface area (Å²) in [6.45, 7) is 0. The molecule has 0 aliphatic rings. The van der Waals surface area contributed by atoms with Gasteiger partial charge in [0.05, 0.1) is 14.1 Å². The number of rotatable bonds is 0. The van der Waals surface area contributed by atoms with Crippen LogP contribution in [-0.4, -0.2) is 14.1 Å². The van der Waals surface area contributed by atoms with Crippen LogP contribution < -0.4 is 5.06 Å². The van der Waals surface area contributed by atoms with E-state index in [1.165, 1.54) is 14.1 Å². The minimum absolute atomic E-state index is 0. The molecule has 0 heterocycles. The van der Waals surface area contributed by atoms with Crippen molar-refractivity contribution in [2.75, 3.05) is 14.1 Å². The molecular weight excluding hydrogens is 66.0 g/mol. The molecule has 0 amide bonds. The van der Waals surface area contributed by atoms with Crippen LogP contribution in [-0.2, 0) is 0 Å². The second-order valence-electron chi connectivity index (χ2n) is 0.908. The van der Waals surface area contributed by atoms with Gasteiger partial charge >= 0.3 is 0 Å². The Labute approximate surface area is 33.0 Å². The van der Waals surface area contributed by atoms with Gasteiger partial charge in [-0.2, -0.15) is 0 Å². The van der Waals surface area contributed by atoms with E-state index in [9.17, 15) is 5.21 Å². The Morgan fingerprint density at radius 2 is 1.40 bits per heavy atom. The number of hydroxylamine groups is 2. The number of hydrogen-bond donors (Lipinski definition) is 1. The summed E-state index contributed by atoms with van der Waals surface area (Å²) in [4.78, 5) is 0. The Morgan fingerprint density at radius 1 is 1.40 bits per heavy atom. The largest absolute Gasteiger partial charge is 0.635 e. The van der Waals surface area contributed by atoms with Crippen LogP contribution in [0, 0.1) is 5.21 Å². The second-order valence-corrected chi connectivity index (χ2v) is 0.908. The molecule has 0 fully saturated rings. The van der Waals surface area contributed by atoms with Crippen LogP contribution in [0.15, 0.2) is 0 Å². The lowest BCUT2D eigenvalue weighted by molar-refractivity contribution is -0.802. The normalized spacial score (nSPS) is 7.20. The van der Waals surface area contributed by atoms with Gasteiger partial charge in [-0.1, -0.05) is 7.43 Å². The molecule has 0 unspecified atom stereocenters. The maximum Gasteiger partial charge on any atom is 0.0660 e. The molecule has 5 heavy (non-hydrogen) atoms. The predicted octanol–water partition coefficient (Wildman–Crippen LogP) is -0.735. The van der Waals surface area contributed by atoms with Gasteiger partial charge in [-0.15, -0.1) is 0 Å². The fourth-order valence-electron chi connectivity index (χ4n) is 0. The lowest BCUT2D eigenvalue weighted by atomic mass is 11.2. The van der Waals surface area contributed by atoms with Crippen LogP contribution >= 0.6 is 0 Å². The smallest absolute Gasteiger partial charge is 0.0660 e. The number of nitrogens with one attached hydrogen (secondary N) is 1. The summed E-state index contributed by atoms with van der Waals surface area (Å²) in [5.74, 6) is 0. The first-order valence-electron chi connectivity index (χ1n) is 1.20. The number of hydrogen-bond acceptors (Lipinski definition) is 1. The standard InChI is InChI=1S/C2H7NO.CH4/c1-3(2)4;/h3H,1-2H3;1H4. The number of quaternary nitrogens is 1. The van der Waals surface area contributed by atoms with Gasteiger partial charge in [0.25, 0.3) is 0 Å². The zero-order valence-corrected chi connectivity index (χ0v) is 2.91. The summed E-state index contributed by atoms with van der Waals surface area (Å²) in [6.07, 6.45) is 0. The van der Waals surface area contributed by atoms with Gasteiger partial charge in [0.15, 0.2) is 0 Å². The molecule has 1 N–H and O–H groups in total. The Morgan fingerprint density at radius 3 is 1.40 bits per heavy atom. The van der Waals surface area contributed by atoms with E-state index in [0.717, 1.165) is 0 Å². The van der Waals surface area contributed by atoms with Crippen LogP contribution in [0.5, 0.6) is 0 Å². The summed E-state index contributed by atoms with van der Waals surface area (Å²) >= 11 is 0. The maximum atomic E-state index is 9.44. The lowest BCUT2D eigenvalue weighted by Gasteiger charge is -2.04. The van der Waals surface area contributed by atoms with E-state index in [-0.39, 0.29) is 12.5 Å². The van der Waals surface area contributed by atoms with Crippen molar-refractivity contribution in [3.8, 4) is 0 Å². The van der Waals surface area contributed by atoms with Gasteiger partial charge in [0.1, 0.15) is 0 Å². The SMILES string of the molecule is C.C[NH+](C)[O-]. The Bertz CT molecular complexity index is 11.6. The second kappa shape index (κ2) is 3.92. The van der Waals surface area contributed by atoms with Gasteiger partial charge in [-0.05, 0) is 0 Å². The molecule has 2 heteroatoms. The summed E-state index contributed by atoms with van der Waals surface area (Å²) in [6, 6.07) is 0. The first kappa shape index (κ1) is 8.87. The van der Waals surface area contributed by atoms with E-state index in [1.54, 1.807) is 0 Å². The molecule has 0 aromatic heterocycles. The summed E-state index contributed by atoms with van der Waals surface area (Å²) < 4.78 is 0. The molecule has 0 saturated carbocycles. The van der Waals surface area contributed by atoms with E-state index in [2.05, 4.69) is 0 Å². The van der Waals surface area contributed by atoms with Gasteiger partial charge in [0.2, 0.25) is 0 Å². The Balaban J connectivity index is 0. The fourth-order valence-corrected chi connectivity index (χ4v) is 0. The van der Waals surface area contributed by atoms with Crippen LogP contribution in [0.25, 0.3) is 0 Å². The van der Waals surface area contributed by atoms with Gasteiger partial charge in [0, 0.05) is 0 Å². The highest BCUT2D eigenvalue weighted by Crippen LogP contribution is 0.931. The zero-order chi connectivity index (χ0) is 3.58.